The first-order valence-electron chi connectivity index (χ1n) is 6.13. The summed E-state index contributed by atoms with van der Waals surface area (Å²) in [7, 11) is -3.41. The first-order valence-corrected chi connectivity index (χ1v) is 8.86. The lowest BCUT2D eigenvalue weighted by molar-refractivity contribution is 0.595. The number of anilines is 1. The molecule has 0 bridgehead atoms. The maximum atomic E-state index is 12.1. The molecule has 0 aliphatic carbocycles. The SMILES string of the molecule is CC(CS(=O)(=O)Nc1ccc(I)cn1)c1ccccc1. The van der Waals surface area contributed by atoms with Crippen molar-refractivity contribution in [2.75, 3.05) is 10.5 Å². The van der Waals surface area contributed by atoms with Crippen LogP contribution < -0.4 is 4.72 Å². The van der Waals surface area contributed by atoms with Crippen molar-refractivity contribution in [2.24, 2.45) is 0 Å². The minimum atomic E-state index is -3.41. The van der Waals surface area contributed by atoms with Crippen LogP contribution in [0.2, 0.25) is 0 Å². The largest absolute Gasteiger partial charge is 0.267 e. The second-order valence-corrected chi connectivity index (χ2v) is 7.57. The van der Waals surface area contributed by atoms with Crippen molar-refractivity contribution >= 4 is 38.4 Å². The van der Waals surface area contributed by atoms with Gasteiger partial charge in [-0.1, -0.05) is 37.3 Å². The summed E-state index contributed by atoms with van der Waals surface area (Å²) in [6.07, 6.45) is 1.62. The van der Waals surface area contributed by atoms with Gasteiger partial charge in [0, 0.05) is 9.77 Å². The summed E-state index contributed by atoms with van der Waals surface area (Å²) in [6.45, 7) is 1.90. The fourth-order valence-corrected chi connectivity index (χ4v) is 3.54. The smallest absolute Gasteiger partial charge is 0.234 e. The highest BCUT2D eigenvalue weighted by molar-refractivity contribution is 14.1. The predicted octanol–water partition coefficient (Wildman–Crippen LogP) is 3.23. The van der Waals surface area contributed by atoms with Gasteiger partial charge in [-0.2, -0.15) is 0 Å². The number of aromatic nitrogens is 1. The third kappa shape index (κ3) is 4.45. The lowest BCUT2D eigenvalue weighted by Gasteiger charge is -2.13. The molecule has 0 aliphatic heterocycles. The number of halogens is 1. The van der Waals surface area contributed by atoms with Crippen molar-refractivity contribution in [3.05, 3.63) is 57.8 Å². The lowest BCUT2D eigenvalue weighted by Crippen LogP contribution is -2.21. The predicted molar refractivity (Wildman–Crippen MR) is 89.2 cm³/mol. The van der Waals surface area contributed by atoms with Crippen LogP contribution in [-0.2, 0) is 10.0 Å². The zero-order valence-corrected chi connectivity index (χ0v) is 13.9. The van der Waals surface area contributed by atoms with Gasteiger partial charge in [-0.3, -0.25) is 4.72 Å². The van der Waals surface area contributed by atoms with E-state index in [2.05, 4.69) is 32.3 Å². The number of nitrogens with one attached hydrogen (secondary N) is 1. The van der Waals surface area contributed by atoms with E-state index in [1.807, 2.05) is 43.3 Å². The van der Waals surface area contributed by atoms with Crippen molar-refractivity contribution in [2.45, 2.75) is 12.8 Å². The van der Waals surface area contributed by atoms with Crippen molar-refractivity contribution in [1.82, 2.24) is 4.98 Å². The Bertz CT molecular complexity index is 657. The van der Waals surface area contributed by atoms with Crippen LogP contribution >= 0.6 is 22.6 Å². The molecule has 2 rings (SSSR count). The molecule has 1 unspecified atom stereocenters. The summed E-state index contributed by atoms with van der Waals surface area (Å²) in [4.78, 5) is 4.05. The van der Waals surface area contributed by atoms with Gasteiger partial charge < -0.3 is 0 Å². The maximum absolute atomic E-state index is 12.1. The molecular formula is C14H15IN2O2S. The maximum Gasteiger partial charge on any atom is 0.234 e. The number of benzene rings is 1. The summed E-state index contributed by atoms with van der Waals surface area (Å²) < 4.78 is 27.7. The van der Waals surface area contributed by atoms with Gasteiger partial charge in [-0.25, -0.2) is 13.4 Å². The highest BCUT2D eigenvalue weighted by Gasteiger charge is 2.17. The molecule has 1 atom stereocenters. The Morgan fingerprint density at radius 1 is 1.20 bits per heavy atom. The Balaban J connectivity index is 2.06. The van der Waals surface area contributed by atoms with Crippen molar-refractivity contribution in [3.63, 3.8) is 0 Å². The summed E-state index contributed by atoms with van der Waals surface area (Å²) in [5.41, 5.74) is 1.01. The van der Waals surface area contributed by atoms with Crippen molar-refractivity contribution in [1.29, 1.82) is 0 Å². The first-order chi connectivity index (χ1) is 9.46. The number of rotatable bonds is 5. The molecule has 1 aromatic carbocycles. The van der Waals surface area contributed by atoms with E-state index in [0.717, 1.165) is 9.13 Å². The van der Waals surface area contributed by atoms with Gasteiger partial charge in [0.25, 0.3) is 0 Å². The second-order valence-electron chi connectivity index (χ2n) is 4.56. The molecule has 0 amide bonds. The summed E-state index contributed by atoms with van der Waals surface area (Å²) >= 11 is 2.12. The average Bonchev–Trinajstić information content (AvgIpc) is 2.41. The average molecular weight is 402 g/mol. The lowest BCUT2D eigenvalue weighted by atomic mass is 10.0. The van der Waals surface area contributed by atoms with Crippen LogP contribution in [0.4, 0.5) is 5.82 Å². The molecule has 2 aromatic rings. The Morgan fingerprint density at radius 3 is 2.50 bits per heavy atom. The molecule has 0 spiro atoms. The minimum absolute atomic E-state index is 0.0324. The Morgan fingerprint density at radius 2 is 1.90 bits per heavy atom. The van der Waals surface area contributed by atoms with E-state index in [0.29, 0.717) is 5.82 Å². The number of pyridine rings is 1. The summed E-state index contributed by atoms with van der Waals surface area (Å²) in [5.74, 6) is 0.313. The zero-order chi connectivity index (χ0) is 14.6. The van der Waals surface area contributed by atoms with Gasteiger partial charge >= 0.3 is 0 Å². The summed E-state index contributed by atoms with van der Waals surface area (Å²) in [6, 6.07) is 13.1. The van der Waals surface area contributed by atoms with Gasteiger partial charge in [0.15, 0.2) is 0 Å². The molecule has 0 saturated heterocycles. The molecular weight excluding hydrogens is 387 g/mol. The van der Waals surface area contributed by atoms with Gasteiger partial charge in [-0.05, 0) is 46.2 Å². The molecule has 1 N–H and O–H groups in total. The normalized spacial score (nSPS) is 12.9. The van der Waals surface area contributed by atoms with E-state index in [1.165, 1.54) is 0 Å². The molecule has 0 fully saturated rings. The number of hydrogen-bond donors (Lipinski definition) is 1. The van der Waals surface area contributed by atoms with Crippen LogP contribution in [0, 0.1) is 3.57 Å². The standard InChI is InChI=1S/C14H15IN2O2S/c1-11(12-5-3-2-4-6-12)10-20(18,19)17-14-8-7-13(15)9-16-14/h2-9,11H,10H2,1H3,(H,16,17). The van der Waals surface area contributed by atoms with Crippen LogP contribution in [0.3, 0.4) is 0 Å². The van der Waals surface area contributed by atoms with Gasteiger partial charge in [0.1, 0.15) is 5.82 Å². The third-order valence-corrected chi connectivity index (χ3v) is 4.92. The molecule has 4 nitrogen and oxygen atoms in total. The van der Waals surface area contributed by atoms with Crippen LogP contribution in [-0.4, -0.2) is 19.2 Å². The second kappa shape index (κ2) is 6.53. The molecule has 6 heteroatoms. The molecule has 1 heterocycles. The minimum Gasteiger partial charge on any atom is -0.267 e. The van der Waals surface area contributed by atoms with Gasteiger partial charge in [0.05, 0.1) is 5.75 Å². The van der Waals surface area contributed by atoms with Crippen molar-refractivity contribution < 1.29 is 8.42 Å². The summed E-state index contributed by atoms with van der Waals surface area (Å²) in [5, 5.41) is 0. The van der Waals surface area contributed by atoms with Crippen LogP contribution in [0.1, 0.15) is 18.4 Å². The number of sulfonamides is 1. The zero-order valence-electron chi connectivity index (χ0n) is 11.0. The van der Waals surface area contributed by atoms with Gasteiger partial charge in [-0.15, -0.1) is 0 Å². The molecule has 0 radical (unpaired) electrons. The highest BCUT2D eigenvalue weighted by atomic mass is 127. The molecule has 0 aliphatic rings. The van der Waals surface area contributed by atoms with Gasteiger partial charge in [0.2, 0.25) is 10.0 Å². The fourth-order valence-electron chi connectivity index (χ4n) is 1.84. The molecule has 0 saturated carbocycles. The van der Waals surface area contributed by atoms with E-state index in [4.69, 9.17) is 0 Å². The Hall–Kier alpha value is -1.15. The van der Waals surface area contributed by atoms with Crippen LogP contribution in [0.15, 0.2) is 48.7 Å². The van der Waals surface area contributed by atoms with Crippen LogP contribution in [0.25, 0.3) is 0 Å². The van der Waals surface area contributed by atoms with Crippen molar-refractivity contribution in [3.8, 4) is 0 Å². The van der Waals surface area contributed by atoms with E-state index in [9.17, 15) is 8.42 Å². The number of nitrogens with zero attached hydrogens (tertiary/aromatic N) is 1. The Labute approximate surface area is 132 Å². The van der Waals surface area contributed by atoms with E-state index in [1.54, 1.807) is 12.3 Å². The molecule has 1 aromatic heterocycles. The Kier molecular flexibility index (Phi) is 4.98. The van der Waals surface area contributed by atoms with Crippen LogP contribution in [0.5, 0.6) is 0 Å². The fraction of sp³-hybridized carbons (Fsp3) is 0.214. The third-order valence-electron chi connectivity index (χ3n) is 2.83. The first kappa shape index (κ1) is 15.2. The monoisotopic (exact) mass is 402 g/mol. The van der Waals surface area contributed by atoms with E-state index in [-0.39, 0.29) is 11.7 Å². The quantitative estimate of drug-likeness (QED) is 0.782. The number of hydrogen-bond acceptors (Lipinski definition) is 3. The van der Waals surface area contributed by atoms with E-state index >= 15 is 0 Å². The highest BCUT2D eigenvalue weighted by Crippen LogP contribution is 2.18. The topological polar surface area (TPSA) is 59.1 Å². The molecule has 20 heavy (non-hydrogen) atoms. The molecule has 106 valence electrons. The van der Waals surface area contributed by atoms with E-state index < -0.39 is 10.0 Å².